The van der Waals surface area contributed by atoms with Gasteiger partial charge in [-0.2, -0.15) is 0 Å². The van der Waals surface area contributed by atoms with Crippen LogP contribution >= 0.6 is 0 Å². The minimum atomic E-state index is -0.419. The van der Waals surface area contributed by atoms with Crippen molar-refractivity contribution in [2.24, 2.45) is 11.1 Å². The molecule has 1 aliphatic heterocycles. The largest absolute Gasteiger partial charge is 0.381 e. The van der Waals surface area contributed by atoms with Gasteiger partial charge in [0, 0.05) is 32.9 Å². The fraction of sp³-hybridized carbons (Fsp3) is 0.923. The molecule has 1 amide bonds. The maximum absolute atomic E-state index is 12.2. The van der Waals surface area contributed by atoms with Crippen molar-refractivity contribution in [2.75, 3.05) is 32.9 Å². The Hall–Kier alpha value is -0.650. The maximum Gasteiger partial charge on any atom is 0.227 e. The molecular weight excluding hydrogens is 232 g/mol. The molecule has 0 bridgehead atoms. The molecule has 1 fully saturated rings. The van der Waals surface area contributed by atoms with E-state index in [4.69, 9.17) is 15.2 Å². The predicted octanol–water partition coefficient (Wildman–Crippen LogP) is 0.673. The number of carbonyl (C=O) groups excluding carboxylic acids is 1. The molecule has 1 aliphatic rings. The van der Waals surface area contributed by atoms with Gasteiger partial charge < -0.3 is 20.5 Å². The Morgan fingerprint density at radius 3 is 2.67 bits per heavy atom. The first-order chi connectivity index (χ1) is 8.60. The second-order valence-corrected chi connectivity index (χ2v) is 5.13. The third kappa shape index (κ3) is 4.55. The van der Waals surface area contributed by atoms with Gasteiger partial charge in [-0.3, -0.25) is 4.79 Å². The van der Waals surface area contributed by atoms with Crippen LogP contribution in [0.4, 0.5) is 0 Å². The van der Waals surface area contributed by atoms with Crippen molar-refractivity contribution in [3.8, 4) is 0 Å². The number of hydrogen-bond acceptors (Lipinski definition) is 4. The molecule has 0 aliphatic carbocycles. The first-order valence-corrected chi connectivity index (χ1v) is 6.78. The number of carbonyl (C=O) groups is 1. The van der Waals surface area contributed by atoms with E-state index in [0.29, 0.717) is 32.9 Å². The van der Waals surface area contributed by atoms with E-state index >= 15 is 0 Å². The van der Waals surface area contributed by atoms with Gasteiger partial charge in [-0.25, -0.2) is 0 Å². The molecule has 1 heterocycles. The smallest absolute Gasteiger partial charge is 0.227 e. The van der Waals surface area contributed by atoms with Gasteiger partial charge in [0.1, 0.15) is 0 Å². The molecule has 0 aromatic carbocycles. The van der Waals surface area contributed by atoms with Crippen LogP contribution < -0.4 is 11.1 Å². The third-order valence-electron chi connectivity index (χ3n) is 3.38. The van der Waals surface area contributed by atoms with Crippen LogP contribution in [-0.2, 0) is 14.3 Å². The van der Waals surface area contributed by atoms with E-state index in [2.05, 4.69) is 5.32 Å². The van der Waals surface area contributed by atoms with Gasteiger partial charge in [0.25, 0.3) is 0 Å². The molecule has 5 heteroatoms. The van der Waals surface area contributed by atoms with E-state index in [-0.39, 0.29) is 12.0 Å². The van der Waals surface area contributed by atoms with Gasteiger partial charge in [0.15, 0.2) is 0 Å². The van der Waals surface area contributed by atoms with Gasteiger partial charge in [0.2, 0.25) is 5.91 Å². The van der Waals surface area contributed by atoms with Crippen LogP contribution in [0.1, 0.15) is 33.1 Å². The van der Waals surface area contributed by atoms with E-state index in [1.165, 1.54) is 0 Å². The Morgan fingerprint density at radius 1 is 1.44 bits per heavy atom. The summed E-state index contributed by atoms with van der Waals surface area (Å²) < 4.78 is 10.7. The monoisotopic (exact) mass is 258 g/mol. The van der Waals surface area contributed by atoms with E-state index in [1.54, 1.807) is 0 Å². The fourth-order valence-electron chi connectivity index (χ4n) is 2.07. The second-order valence-electron chi connectivity index (χ2n) is 5.13. The summed E-state index contributed by atoms with van der Waals surface area (Å²) in [5, 5.41) is 2.96. The molecule has 0 unspecified atom stereocenters. The van der Waals surface area contributed by atoms with E-state index in [0.717, 1.165) is 19.3 Å². The number of rotatable bonds is 7. The summed E-state index contributed by atoms with van der Waals surface area (Å²) in [5.41, 5.74) is 5.35. The summed E-state index contributed by atoms with van der Waals surface area (Å²) in [7, 11) is 0. The first-order valence-electron chi connectivity index (χ1n) is 6.78. The van der Waals surface area contributed by atoms with Crippen LogP contribution in [0.15, 0.2) is 0 Å². The normalized spacial score (nSPS) is 18.9. The summed E-state index contributed by atoms with van der Waals surface area (Å²) in [6, 6.07) is 0. The van der Waals surface area contributed by atoms with Crippen molar-refractivity contribution in [1.82, 2.24) is 5.32 Å². The van der Waals surface area contributed by atoms with Crippen LogP contribution in [0.2, 0.25) is 0 Å². The number of amides is 1. The number of nitrogens with one attached hydrogen (secondary N) is 1. The molecule has 3 N–H and O–H groups in total. The lowest BCUT2D eigenvalue weighted by Crippen LogP contribution is -2.49. The Labute approximate surface area is 109 Å². The van der Waals surface area contributed by atoms with Gasteiger partial charge in [-0.1, -0.05) is 0 Å². The van der Waals surface area contributed by atoms with E-state index < -0.39 is 5.41 Å². The van der Waals surface area contributed by atoms with Crippen LogP contribution in [0.3, 0.4) is 0 Å². The van der Waals surface area contributed by atoms with Crippen molar-refractivity contribution in [3.63, 3.8) is 0 Å². The Bertz CT molecular complexity index is 251. The SMILES string of the molecule is CC(C)OCCCNC(=O)C1(CN)CCOCC1. The molecule has 1 rings (SSSR count). The molecule has 0 spiro atoms. The van der Waals surface area contributed by atoms with Crippen molar-refractivity contribution in [3.05, 3.63) is 0 Å². The molecule has 0 radical (unpaired) electrons. The highest BCUT2D eigenvalue weighted by atomic mass is 16.5. The standard InChI is InChI=1S/C13H26N2O3/c1-11(2)18-7-3-6-15-12(16)13(10-14)4-8-17-9-5-13/h11H,3-10,14H2,1-2H3,(H,15,16). The van der Waals surface area contributed by atoms with Crippen LogP contribution in [0, 0.1) is 5.41 Å². The summed E-state index contributed by atoms with van der Waals surface area (Å²) in [6.07, 6.45) is 2.52. The highest BCUT2D eigenvalue weighted by Gasteiger charge is 2.38. The Kier molecular flexibility index (Phi) is 6.60. The van der Waals surface area contributed by atoms with Crippen molar-refractivity contribution in [2.45, 2.75) is 39.2 Å². The minimum Gasteiger partial charge on any atom is -0.381 e. The Morgan fingerprint density at radius 2 is 2.11 bits per heavy atom. The lowest BCUT2D eigenvalue weighted by molar-refractivity contribution is -0.135. The lowest BCUT2D eigenvalue weighted by atomic mass is 9.79. The summed E-state index contributed by atoms with van der Waals surface area (Å²) in [6.45, 7) is 6.98. The predicted molar refractivity (Wildman–Crippen MR) is 70.3 cm³/mol. The summed E-state index contributed by atoms with van der Waals surface area (Å²) in [4.78, 5) is 12.2. The topological polar surface area (TPSA) is 73.6 Å². The average molecular weight is 258 g/mol. The number of nitrogens with two attached hydrogens (primary N) is 1. The van der Waals surface area contributed by atoms with Crippen molar-refractivity contribution >= 4 is 5.91 Å². The van der Waals surface area contributed by atoms with Crippen LogP contribution in [-0.4, -0.2) is 44.9 Å². The molecule has 106 valence electrons. The zero-order valence-electron chi connectivity index (χ0n) is 11.5. The van der Waals surface area contributed by atoms with Crippen LogP contribution in [0.5, 0.6) is 0 Å². The van der Waals surface area contributed by atoms with E-state index in [9.17, 15) is 4.79 Å². The number of ether oxygens (including phenoxy) is 2. The van der Waals surface area contributed by atoms with Crippen molar-refractivity contribution in [1.29, 1.82) is 0 Å². The molecular formula is C13H26N2O3. The molecule has 18 heavy (non-hydrogen) atoms. The zero-order valence-corrected chi connectivity index (χ0v) is 11.5. The Balaban J connectivity index is 2.25. The molecule has 0 aromatic heterocycles. The minimum absolute atomic E-state index is 0.0675. The summed E-state index contributed by atoms with van der Waals surface area (Å²) >= 11 is 0. The second kappa shape index (κ2) is 7.71. The van der Waals surface area contributed by atoms with Gasteiger partial charge in [-0.15, -0.1) is 0 Å². The molecule has 1 saturated heterocycles. The molecule has 0 aromatic rings. The maximum atomic E-state index is 12.2. The highest BCUT2D eigenvalue weighted by Crippen LogP contribution is 2.29. The highest BCUT2D eigenvalue weighted by molar-refractivity contribution is 5.83. The van der Waals surface area contributed by atoms with Crippen molar-refractivity contribution < 1.29 is 14.3 Å². The molecule has 0 saturated carbocycles. The number of hydrogen-bond donors (Lipinski definition) is 2. The quantitative estimate of drug-likeness (QED) is 0.658. The third-order valence-corrected chi connectivity index (χ3v) is 3.38. The molecule has 0 atom stereocenters. The van der Waals surface area contributed by atoms with Crippen LogP contribution in [0.25, 0.3) is 0 Å². The summed E-state index contributed by atoms with van der Waals surface area (Å²) in [5.74, 6) is 0.0675. The van der Waals surface area contributed by atoms with Gasteiger partial charge in [-0.05, 0) is 33.1 Å². The van der Waals surface area contributed by atoms with Gasteiger partial charge in [0.05, 0.1) is 11.5 Å². The average Bonchev–Trinajstić information content (AvgIpc) is 2.38. The first kappa shape index (κ1) is 15.4. The fourth-order valence-corrected chi connectivity index (χ4v) is 2.07. The molecule has 5 nitrogen and oxygen atoms in total. The lowest BCUT2D eigenvalue weighted by Gasteiger charge is -2.34. The van der Waals surface area contributed by atoms with E-state index in [1.807, 2.05) is 13.8 Å². The van der Waals surface area contributed by atoms with Gasteiger partial charge >= 0.3 is 0 Å². The zero-order chi connectivity index (χ0) is 13.4.